The molecule has 0 radical (unpaired) electrons. The Kier molecular flexibility index (Phi) is 10.6. The molecule has 2 N–H and O–H groups in total. The predicted molar refractivity (Wildman–Crippen MR) is 159 cm³/mol. The van der Waals surface area contributed by atoms with E-state index >= 15 is 0 Å². The van der Waals surface area contributed by atoms with Crippen LogP contribution in [-0.2, 0) is 15.5 Å². The van der Waals surface area contributed by atoms with Gasteiger partial charge >= 0.3 is 18.2 Å². The number of rotatable bonds is 9. The largest absolute Gasteiger partial charge is 0.453 e. The van der Waals surface area contributed by atoms with Gasteiger partial charge in [0.1, 0.15) is 6.10 Å². The number of hydrogen-bond acceptors (Lipinski definition) is 5. The average molecular weight is 655 g/mol. The predicted octanol–water partition coefficient (Wildman–Crippen LogP) is 6.53. The minimum Gasteiger partial charge on any atom is -0.446 e. The van der Waals surface area contributed by atoms with Crippen molar-refractivity contribution in [1.29, 1.82) is 0 Å². The number of nitrogens with zero attached hydrogens (tertiary/aromatic N) is 1. The number of amides is 1. The topological polar surface area (TPSA) is 78.9 Å². The first-order valence-corrected chi connectivity index (χ1v) is 18.4. The van der Waals surface area contributed by atoms with Crippen LogP contribution in [0.5, 0.6) is 0 Å². The summed E-state index contributed by atoms with van der Waals surface area (Å²) in [6.45, 7) is 6.43. The number of piperazine rings is 1. The molecule has 4 aliphatic carbocycles. The van der Waals surface area contributed by atoms with Gasteiger partial charge in [0.05, 0.1) is 6.10 Å². The van der Waals surface area contributed by atoms with Crippen molar-refractivity contribution in [3.8, 4) is 0 Å². The van der Waals surface area contributed by atoms with Crippen molar-refractivity contribution in [2.45, 2.75) is 121 Å². The first-order valence-electron chi connectivity index (χ1n) is 16.9. The number of nitrogens with one attached hydrogen (secondary N) is 1. The zero-order valence-corrected chi connectivity index (χ0v) is 27.0. The summed E-state index contributed by atoms with van der Waals surface area (Å²) in [5.41, 5.74) is -0.0918. The van der Waals surface area contributed by atoms with Crippen molar-refractivity contribution < 1.29 is 40.8 Å². The number of aliphatic hydroxyl groups is 1. The highest BCUT2D eigenvalue weighted by atomic mass is 32.2. The van der Waals surface area contributed by atoms with E-state index in [-0.39, 0.29) is 35.5 Å². The molecule has 1 heterocycles. The molecule has 1 amide bonds. The summed E-state index contributed by atoms with van der Waals surface area (Å²) < 4.78 is 82.7. The van der Waals surface area contributed by atoms with Crippen LogP contribution in [0.2, 0.25) is 0 Å². The molecule has 5 fully saturated rings. The smallest absolute Gasteiger partial charge is 0.446 e. The molecule has 12 heteroatoms. The molecule has 1 saturated heterocycles. The van der Waals surface area contributed by atoms with Crippen LogP contribution >= 0.6 is 0 Å². The van der Waals surface area contributed by atoms with Gasteiger partial charge in [0.25, 0.3) is 0 Å². The number of aliphatic hydroxyl groups excluding tert-OH is 1. The Labute approximate surface area is 261 Å². The van der Waals surface area contributed by atoms with Gasteiger partial charge in [-0.05, 0) is 118 Å². The molecule has 0 aromatic heterocycles. The van der Waals surface area contributed by atoms with Crippen molar-refractivity contribution in [2.24, 2.45) is 40.9 Å². The Hall–Kier alpha value is -1.01. The molecule has 44 heavy (non-hydrogen) atoms. The van der Waals surface area contributed by atoms with Crippen LogP contribution in [-0.4, -0.2) is 81.8 Å². The molecule has 254 valence electrons. The van der Waals surface area contributed by atoms with E-state index in [9.17, 15) is 36.1 Å². The Bertz CT molecular complexity index is 1030. The van der Waals surface area contributed by atoms with Crippen molar-refractivity contribution in [3.63, 3.8) is 0 Å². The van der Waals surface area contributed by atoms with Gasteiger partial charge in [-0.25, -0.2) is 4.79 Å². The normalized spacial score (nSPS) is 40.1. The second-order valence-electron chi connectivity index (χ2n) is 14.8. The maximum atomic E-state index is 13.3. The third kappa shape index (κ3) is 7.11. The molecule has 11 atom stereocenters. The van der Waals surface area contributed by atoms with Gasteiger partial charge < -0.3 is 20.1 Å². The van der Waals surface area contributed by atoms with E-state index in [0.717, 1.165) is 70.9 Å². The summed E-state index contributed by atoms with van der Waals surface area (Å²) in [6, 6.07) is 0.0948. The third-order valence-corrected chi connectivity index (χ3v) is 13.7. The first-order chi connectivity index (χ1) is 20.7. The lowest BCUT2D eigenvalue weighted by Gasteiger charge is -2.58. The highest BCUT2D eigenvalue weighted by Crippen LogP contribution is 2.64. The minimum atomic E-state index is -5.58. The van der Waals surface area contributed by atoms with E-state index in [0.29, 0.717) is 54.2 Å². The third-order valence-electron chi connectivity index (χ3n) is 12.3. The van der Waals surface area contributed by atoms with Gasteiger partial charge in [-0.1, -0.05) is 6.92 Å². The first kappa shape index (κ1) is 34.3. The van der Waals surface area contributed by atoms with Crippen LogP contribution in [0.15, 0.2) is 0 Å². The van der Waals surface area contributed by atoms with Crippen LogP contribution in [0.25, 0.3) is 0 Å². The van der Waals surface area contributed by atoms with Crippen molar-refractivity contribution in [2.75, 3.05) is 31.1 Å². The number of carbonyl (C=O) groups excluding carboxylic acids is 1. The van der Waals surface area contributed by atoms with Gasteiger partial charge in [-0.3, -0.25) is 4.21 Å². The quantitative estimate of drug-likeness (QED) is 0.277. The van der Waals surface area contributed by atoms with Crippen molar-refractivity contribution >= 4 is 16.9 Å². The Morgan fingerprint density at radius 3 is 2.52 bits per heavy atom. The summed E-state index contributed by atoms with van der Waals surface area (Å²) in [7, 11) is -1.45. The van der Waals surface area contributed by atoms with E-state index in [1.165, 1.54) is 0 Å². The van der Waals surface area contributed by atoms with E-state index in [1.807, 2.05) is 11.8 Å². The number of hydrogen-bond donors (Lipinski definition) is 2. The van der Waals surface area contributed by atoms with E-state index in [1.54, 1.807) is 0 Å². The van der Waals surface area contributed by atoms with Crippen LogP contribution in [0.1, 0.15) is 90.9 Å². The van der Waals surface area contributed by atoms with Gasteiger partial charge in [0.2, 0.25) is 0 Å². The zero-order chi connectivity index (χ0) is 31.9. The van der Waals surface area contributed by atoms with Crippen molar-refractivity contribution in [1.82, 2.24) is 10.2 Å². The van der Waals surface area contributed by atoms with E-state index < -0.39 is 35.7 Å². The summed E-state index contributed by atoms with van der Waals surface area (Å²) in [4.78, 5) is 14.8. The van der Waals surface area contributed by atoms with Gasteiger partial charge in [0.15, 0.2) is 0 Å². The molecule has 0 aromatic rings. The molecule has 5 unspecified atom stereocenters. The standard InChI is InChI=1S/C32H51F5N2O4S/c1-20-19-38-13-14-39(20)29(41)43-23-6-7-24-22(18-23)17-21(28-25(24)10-12-30(2)26(28)8-9-27(30)40)5-3-15-44(42)16-4-11-31(33,34)32(35,36)37/h20-28,38,40H,3-19H2,1-2H3/t20?,21-,22?,23?,24?,25-,26+,27+,28-,30+,44?/m1/s1. The Morgan fingerprint density at radius 2 is 1.80 bits per heavy atom. The summed E-state index contributed by atoms with van der Waals surface area (Å²) in [5, 5.41) is 14.3. The fourth-order valence-electron chi connectivity index (χ4n) is 9.94. The summed E-state index contributed by atoms with van der Waals surface area (Å²) >= 11 is 0. The van der Waals surface area contributed by atoms with Gasteiger partial charge in [0, 0.05) is 54.4 Å². The molecule has 0 bridgehead atoms. The maximum Gasteiger partial charge on any atom is 0.453 e. The van der Waals surface area contributed by atoms with Crippen LogP contribution < -0.4 is 5.32 Å². The Morgan fingerprint density at radius 1 is 1.05 bits per heavy atom. The second-order valence-corrected chi connectivity index (χ2v) is 16.5. The maximum absolute atomic E-state index is 13.3. The minimum absolute atomic E-state index is 0.0918. The highest BCUT2D eigenvalue weighted by molar-refractivity contribution is 7.84. The van der Waals surface area contributed by atoms with Gasteiger partial charge in [-0.15, -0.1) is 0 Å². The van der Waals surface area contributed by atoms with Crippen LogP contribution in [0.3, 0.4) is 0 Å². The highest BCUT2D eigenvalue weighted by Gasteiger charge is 2.59. The fourth-order valence-corrected chi connectivity index (χ4v) is 11.1. The summed E-state index contributed by atoms with van der Waals surface area (Å²) in [6.07, 6.45) is 1.18. The van der Waals surface area contributed by atoms with E-state index in [4.69, 9.17) is 4.74 Å². The lowest BCUT2D eigenvalue weighted by atomic mass is 9.47. The molecule has 6 nitrogen and oxygen atoms in total. The number of ether oxygens (including phenoxy) is 1. The summed E-state index contributed by atoms with van der Waals surface area (Å²) in [5.74, 6) is -1.80. The fraction of sp³-hybridized carbons (Fsp3) is 0.969. The molecule has 1 aliphatic heterocycles. The molecule has 5 rings (SSSR count). The molecule has 0 aromatic carbocycles. The number of alkyl halides is 5. The van der Waals surface area contributed by atoms with E-state index in [2.05, 4.69) is 12.2 Å². The number of carbonyl (C=O) groups is 1. The lowest BCUT2D eigenvalue weighted by molar-refractivity contribution is -0.284. The molecule has 0 spiro atoms. The van der Waals surface area contributed by atoms with Crippen LogP contribution in [0, 0.1) is 40.9 Å². The monoisotopic (exact) mass is 654 g/mol. The molecular formula is C32H51F5N2O4S. The number of halogens is 5. The molecule has 4 saturated carbocycles. The molecular weight excluding hydrogens is 603 g/mol. The second kappa shape index (κ2) is 13.6. The van der Waals surface area contributed by atoms with Crippen molar-refractivity contribution in [3.05, 3.63) is 0 Å². The zero-order valence-electron chi connectivity index (χ0n) is 26.1. The van der Waals surface area contributed by atoms with Gasteiger partial charge in [-0.2, -0.15) is 22.0 Å². The SMILES string of the molecule is CC1CNCCN1C(=O)OC1CCC2C(C1)C[C@@H](CCCS(=O)CCCC(F)(F)C(F)(F)F)[C@@H]1[C@@H]2CC[C@]2(C)[C@@H](O)CC[C@@H]12. The number of fused-ring (bicyclic) bond motifs is 5. The Balaban J connectivity index is 1.20. The lowest BCUT2D eigenvalue weighted by Crippen LogP contribution is -2.54. The van der Waals surface area contributed by atoms with Crippen LogP contribution in [0.4, 0.5) is 26.7 Å². The average Bonchev–Trinajstić information content (AvgIpc) is 3.26. The molecule has 5 aliphatic rings.